The van der Waals surface area contributed by atoms with Gasteiger partial charge in [0.25, 0.3) is 0 Å². The predicted molar refractivity (Wildman–Crippen MR) is 85.6 cm³/mol. The van der Waals surface area contributed by atoms with Gasteiger partial charge in [0.15, 0.2) is 0 Å². The van der Waals surface area contributed by atoms with Gasteiger partial charge in [-0.05, 0) is 40.0 Å². The number of carbonyl (C=O) groups excluding carboxylic acids is 2. The quantitative estimate of drug-likeness (QED) is 0.712. The van der Waals surface area contributed by atoms with Crippen LogP contribution in [0.15, 0.2) is 0 Å². The van der Waals surface area contributed by atoms with E-state index in [2.05, 4.69) is 0 Å². The molecule has 0 radical (unpaired) electrons. The van der Waals surface area contributed by atoms with Gasteiger partial charge in [0.05, 0.1) is 6.04 Å². The van der Waals surface area contributed by atoms with Crippen LogP contribution in [0.4, 0.5) is 8.68 Å². The fourth-order valence-electron chi connectivity index (χ4n) is 3.11. The lowest BCUT2D eigenvalue weighted by Gasteiger charge is -2.38. The molecule has 2 aliphatic heterocycles. The van der Waals surface area contributed by atoms with Crippen LogP contribution in [0, 0.1) is 0 Å². The highest BCUT2D eigenvalue weighted by molar-refractivity contribution is 7.87. The molecule has 138 valence electrons. The first-order valence-electron chi connectivity index (χ1n) is 8.18. The summed E-state index contributed by atoms with van der Waals surface area (Å²) >= 11 is 0. The summed E-state index contributed by atoms with van der Waals surface area (Å²) in [6.07, 6.45) is 1.70. The largest absolute Gasteiger partial charge is 0.444 e. The molecule has 0 saturated carbocycles. The predicted octanol–water partition coefficient (Wildman–Crippen LogP) is 1.68. The first-order valence-corrected chi connectivity index (χ1v) is 9.63. The van der Waals surface area contributed by atoms with E-state index in [0.717, 1.165) is 12.8 Å². The van der Waals surface area contributed by atoms with Crippen LogP contribution in [-0.2, 0) is 19.8 Å². The van der Waals surface area contributed by atoms with Gasteiger partial charge in [-0.1, -0.05) is 0 Å². The maximum atomic E-state index is 13.1. The molecule has 2 fully saturated rings. The van der Waals surface area contributed by atoms with E-state index in [0.29, 0.717) is 13.0 Å². The fraction of sp³-hybridized carbons (Fsp3) is 0.867. The zero-order chi connectivity index (χ0) is 18.1. The van der Waals surface area contributed by atoms with Gasteiger partial charge in [-0.2, -0.15) is 8.42 Å². The third-order valence-corrected chi connectivity index (χ3v) is 5.38. The van der Waals surface area contributed by atoms with Crippen LogP contribution in [0.3, 0.4) is 0 Å². The Bertz CT molecular complexity index is 601. The number of likely N-dealkylation sites (tertiary alicyclic amines) is 2. The number of ether oxygens (including phenoxy) is 1. The minimum Gasteiger partial charge on any atom is -0.444 e. The summed E-state index contributed by atoms with van der Waals surface area (Å²) in [6.45, 7) is 5.94. The summed E-state index contributed by atoms with van der Waals surface area (Å²) in [5.74, 6) is -0.393. The number of rotatable bonds is 3. The van der Waals surface area contributed by atoms with E-state index in [1.807, 2.05) is 0 Å². The lowest BCUT2D eigenvalue weighted by Crippen LogP contribution is -2.51. The molecule has 0 aromatic rings. The van der Waals surface area contributed by atoms with Crippen molar-refractivity contribution in [3.63, 3.8) is 0 Å². The number of halogens is 1. The highest BCUT2D eigenvalue weighted by atomic mass is 32.3. The van der Waals surface area contributed by atoms with Crippen molar-refractivity contribution < 1.29 is 26.6 Å². The summed E-state index contributed by atoms with van der Waals surface area (Å²) in [5, 5.41) is -1.30. The Kier molecular flexibility index (Phi) is 5.41. The lowest BCUT2D eigenvalue weighted by molar-refractivity contribution is -0.128. The topological polar surface area (TPSA) is 84.0 Å². The minimum atomic E-state index is -4.73. The Balaban J connectivity index is 2.04. The summed E-state index contributed by atoms with van der Waals surface area (Å²) in [6, 6.07) is -0.237. The molecule has 2 saturated heterocycles. The van der Waals surface area contributed by atoms with Crippen molar-refractivity contribution in [1.82, 2.24) is 9.80 Å². The molecule has 0 aliphatic carbocycles. The molecule has 0 bridgehead atoms. The molecule has 0 N–H and O–H groups in total. The summed E-state index contributed by atoms with van der Waals surface area (Å²) in [7, 11) is -4.73. The first kappa shape index (κ1) is 19.0. The van der Waals surface area contributed by atoms with Crippen LogP contribution >= 0.6 is 0 Å². The Morgan fingerprint density at radius 3 is 2.54 bits per heavy atom. The third-order valence-electron chi connectivity index (χ3n) is 4.26. The van der Waals surface area contributed by atoms with Crippen LogP contribution in [-0.4, -0.2) is 66.7 Å². The molecule has 24 heavy (non-hydrogen) atoms. The van der Waals surface area contributed by atoms with Gasteiger partial charge in [-0.3, -0.25) is 4.79 Å². The lowest BCUT2D eigenvalue weighted by atomic mass is 10.0. The maximum absolute atomic E-state index is 13.1. The van der Waals surface area contributed by atoms with Gasteiger partial charge in [0.2, 0.25) is 5.91 Å². The molecule has 2 aliphatic rings. The number of piperidine rings is 1. The minimum absolute atomic E-state index is 0.156. The van der Waals surface area contributed by atoms with Crippen molar-refractivity contribution in [2.24, 2.45) is 0 Å². The van der Waals surface area contributed by atoms with Gasteiger partial charge < -0.3 is 14.5 Å². The molecule has 2 amide bonds. The third kappa shape index (κ3) is 4.81. The van der Waals surface area contributed by atoms with Crippen molar-refractivity contribution in [3.8, 4) is 0 Å². The molecule has 2 rings (SSSR count). The summed E-state index contributed by atoms with van der Waals surface area (Å²) in [5.41, 5.74) is -0.615. The zero-order valence-corrected chi connectivity index (χ0v) is 15.1. The molecule has 2 heterocycles. The fourth-order valence-corrected chi connectivity index (χ4v) is 3.81. The molecule has 7 nitrogen and oxygen atoms in total. The standard InChI is InChI=1S/C15H25FN2O5S/c1-15(2,3)23-14(20)18-7-5-4-6-11(18)9-17-10-12(8-13(17)19)24(16,21)22/h11-12H,4-10H2,1-3H3. The number of nitrogens with zero attached hydrogens (tertiary/aromatic N) is 2. The Morgan fingerprint density at radius 2 is 2.00 bits per heavy atom. The van der Waals surface area contributed by atoms with Gasteiger partial charge >= 0.3 is 16.3 Å². The summed E-state index contributed by atoms with van der Waals surface area (Å²) < 4.78 is 40.6. The summed E-state index contributed by atoms with van der Waals surface area (Å²) in [4.78, 5) is 27.3. The van der Waals surface area contributed by atoms with Crippen LogP contribution in [0.25, 0.3) is 0 Å². The normalized spacial score (nSPS) is 25.9. The Morgan fingerprint density at radius 1 is 1.33 bits per heavy atom. The van der Waals surface area contributed by atoms with Crippen LogP contribution in [0.2, 0.25) is 0 Å². The number of carbonyl (C=O) groups is 2. The molecular formula is C15H25FN2O5S. The van der Waals surface area contributed by atoms with Crippen molar-refractivity contribution in [3.05, 3.63) is 0 Å². The highest BCUT2D eigenvalue weighted by Gasteiger charge is 2.40. The van der Waals surface area contributed by atoms with E-state index in [-0.39, 0.29) is 25.6 Å². The van der Waals surface area contributed by atoms with E-state index in [4.69, 9.17) is 4.74 Å². The van der Waals surface area contributed by atoms with E-state index < -0.39 is 33.1 Å². The molecule has 9 heteroatoms. The smallest absolute Gasteiger partial charge is 0.410 e. The molecule has 0 spiro atoms. The van der Waals surface area contributed by atoms with E-state index in [1.54, 1.807) is 25.7 Å². The highest BCUT2D eigenvalue weighted by Crippen LogP contribution is 2.25. The van der Waals surface area contributed by atoms with Crippen molar-refractivity contribution in [2.75, 3.05) is 19.6 Å². The van der Waals surface area contributed by atoms with Gasteiger partial charge in [-0.15, -0.1) is 3.89 Å². The van der Waals surface area contributed by atoms with E-state index in [9.17, 15) is 21.9 Å². The second-order valence-corrected chi connectivity index (χ2v) is 9.04. The SMILES string of the molecule is CC(C)(C)OC(=O)N1CCCCC1CN1CC(S(=O)(=O)F)CC1=O. The van der Waals surface area contributed by atoms with Crippen molar-refractivity contribution in [1.29, 1.82) is 0 Å². The van der Waals surface area contributed by atoms with Crippen LogP contribution in [0.5, 0.6) is 0 Å². The van der Waals surface area contributed by atoms with Gasteiger partial charge in [0, 0.05) is 26.1 Å². The zero-order valence-electron chi connectivity index (χ0n) is 14.3. The van der Waals surface area contributed by atoms with E-state index >= 15 is 0 Å². The first-order chi connectivity index (χ1) is 11.0. The van der Waals surface area contributed by atoms with Crippen molar-refractivity contribution >= 4 is 22.2 Å². The molecule has 0 aromatic heterocycles. The average molecular weight is 364 g/mol. The number of hydrogen-bond acceptors (Lipinski definition) is 5. The molecular weight excluding hydrogens is 339 g/mol. The maximum Gasteiger partial charge on any atom is 0.410 e. The van der Waals surface area contributed by atoms with Crippen molar-refractivity contribution in [2.45, 2.75) is 63.3 Å². The van der Waals surface area contributed by atoms with Crippen LogP contribution in [0.1, 0.15) is 46.5 Å². The second kappa shape index (κ2) is 6.85. The van der Waals surface area contributed by atoms with E-state index in [1.165, 1.54) is 4.90 Å². The number of amides is 2. The molecule has 0 aromatic carbocycles. The monoisotopic (exact) mass is 364 g/mol. The molecule has 2 atom stereocenters. The molecule has 2 unspecified atom stereocenters. The van der Waals surface area contributed by atoms with Gasteiger partial charge in [-0.25, -0.2) is 4.79 Å². The number of hydrogen-bond donors (Lipinski definition) is 0. The Hall–Kier alpha value is -1.38. The van der Waals surface area contributed by atoms with Crippen LogP contribution < -0.4 is 0 Å². The second-order valence-electron chi connectivity index (χ2n) is 7.42. The average Bonchev–Trinajstić information content (AvgIpc) is 2.79. The van der Waals surface area contributed by atoms with Gasteiger partial charge in [0.1, 0.15) is 10.9 Å². The Labute approximate surface area is 142 Å².